The molecule has 0 aliphatic carbocycles. The van der Waals surface area contributed by atoms with Crippen molar-refractivity contribution in [3.8, 4) is 0 Å². The first-order valence-corrected chi connectivity index (χ1v) is 7.28. The number of amides is 1. The van der Waals surface area contributed by atoms with E-state index in [1.165, 1.54) is 0 Å². The Morgan fingerprint density at radius 3 is 2.50 bits per heavy atom. The normalized spacial score (nSPS) is 12.5. The van der Waals surface area contributed by atoms with Gasteiger partial charge in [0.15, 0.2) is 5.76 Å². The van der Waals surface area contributed by atoms with Crippen molar-refractivity contribution in [1.29, 1.82) is 0 Å². The average molecular weight is 301 g/mol. The maximum atomic E-state index is 12.8. The molecule has 1 atom stereocenters. The van der Waals surface area contributed by atoms with Crippen molar-refractivity contribution in [3.63, 3.8) is 0 Å². The highest BCUT2D eigenvalue weighted by Gasteiger charge is 2.26. The average Bonchev–Trinajstić information content (AvgIpc) is 2.83. The zero-order valence-electron chi connectivity index (χ0n) is 13.8. The number of carbonyl (C=O) groups excluding carboxylic acids is 1. The number of carbonyl (C=O) groups is 1. The summed E-state index contributed by atoms with van der Waals surface area (Å²) in [5.74, 6) is 0.722. The summed E-state index contributed by atoms with van der Waals surface area (Å²) in [6.07, 6.45) is 0. The molecule has 2 aromatic rings. The molecule has 1 amide bonds. The minimum atomic E-state index is -0.311. The van der Waals surface area contributed by atoms with Gasteiger partial charge in [-0.15, -0.1) is 0 Å². The highest BCUT2D eigenvalue weighted by atomic mass is 16.5. The summed E-state index contributed by atoms with van der Waals surface area (Å²) in [5.41, 5.74) is 2.96. The lowest BCUT2D eigenvalue weighted by atomic mass is 10.0. The van der Waals surface area contributed by atoms with Crippen molar-refractivity contribution >= 4 is 5.91 Å². The second-order valence-corrected chi connectivity index (χ2v) is 5.91. The summed E-state index contributed by atoms with van der Waals surface area (Å²) in [4.78, 5) is 16.4. The molecule has 0 unspecified atom stereocenters. The topological polar surface area (TPSA) is 49.6 Å². The second-order valence-electron chi connectivity index (χ2n) is 5.91. The Balaban J connectivity index is 2.19. The standard InChI is InChI=1S/C17H23N3O2/c1-12-7-6-8-14(9-12)16(19(3)4)17(21)20(5)11-15-10-13(2)18-22-15/h6-10,16H,11H2,1-5H3/t16-/m1/s1. The van der Waals surface area contributed by atoms with Crippen molar-refractivity contribution in [3.05, 3.63) is 52.9 Å². The lowest BCUT2D eigenvalue weighted by Crippen LogP contribution is -2.38. The minimum absolute atomic E-state index is 0.0321. The van der Waals surface area contributed by atoms with Gasteiger partial charge in [0.05, 0.1) is 12.2 Å². The van der Waals surface area contributed by atoms with Gasteiger partial charge < -0.3 is 9.42 Å². The van der Waals surface area contributed by atoms with Gasteiger partial charge in [-0.25, -0.2) is 0 Å². The molecule has 1 aromatic heterocycles. The number of hydrogen-bond acceptors (Lipinski definition) is 4. The van der Waals surface area contributed by atoms with Crippen molar-refractivity contribution in [2.24, 2.45) is 0 Å². The maximum Gasteiger partial charge on any atom is 0.244 e. The zero-order valence-corrected chi connectivity index (χ0v) is 13.8. The fourth-order valence-electron chi connectivity index (χ4n) is 2.51. The van der Waals surface area contributed by atoms with Crippen molar-refractivity contribution in [2.75, 3.05) is 21.1 Å². The van der Waals surface area contributed by atoms with Crippen LogP contribution in [0.1, 0.15) is 28.6 Å². The molecule has 0 radical (unpaired) electrons. The van der Waals surface area contributed by atoms with Crippen molar-refractivity contribution < 1.29 is 9.32 Å². The SMILES string of the molecule is Cc1cccc([C@H](C(=O)N(C)Cc2cc(C)no2)N(C)C)c1. The molecule has 0 saturated heterocycles. The maximum absolute atomic E-state index is 12.8. The molecule has 0 fully saturated rings. The summed E-state index contributed by atoms with van der Waals surface area (Å²) < 4.78 is 5.19. The summed E-state index contributed by atoms with van der Waals surface area (Å²) >= 11 is 0. The highest BCUT2D eigenvalue weighted by Crippen LogP contribution is 2.22. The van der Waals surface area contributed by atoms with Gasteiger partial charge in [0.2, 0.25) is 5.91 Å². The molecule has 1 aromatic carbocycles. The van der Waals surface area contributed by atoms with Crippen LogP contribution in [0.2, 0.25) is 0 Å². The van der Waals surface area contributed by atoms with Crippen LogP contribution in [0.25, 0.3) is 0 Å². The number of benzene rings is 1. The number of rotatable bonds is 5. The van der Waals surface area contributed by atoms with Gasteiger partial charge >= 0.3 is 0 Å². The molecular formula is C17H23N3O2. The van der Waals surface area contributed by atoms with Crippen LogP contribution >= 0.6 is 0 Å². The van der Waals surface area contributed by atoms with Crippen LogP contribution in [0.15, 0.2) is 34.9 Å². The van der Waals surface area contributed by atoms with E-state index >= 15 is 0 Å². The highest BCUT2D eigenvalue weighted by molar-refractivity contribution is 5.83. The molecule has 5 nitrogen and oxygen atoms in total. The first-order chi connectivity index (χ1) is 10.4. The number of hydrogen-bond donors (Lipinski definition) is 0. The van der Waals surface area contributed by atoms with Gasteiger partial charge in [-0.2, -0.15) is 0 Å². The van der Waals surface area contributed by atoms with E-state index in [4.69, 9.17) is 4.52 Å². The van der Waals surface area contributed by atoms with E-state index in [-0.39, 0.29) is 11.9 Å². The van der Waals surface area contributed by atoms with E-state index in [0.717, 1.165) is 16.8 Å². The van der Waals surface area contributed by atoms with E-state index in [9.17, 15) is 4.79 Å². The molecule has 0 aliphatic heterocycles. The van der Waals surface area contributed by atoms with Gasteiger partial charge in [0, 0.05) is 13.1 Å². The Morgan fingerprint density at radius 1 is 1.23 bits per heavy atom. The molecule has 5 heteroatoms. The minimum Gasteiger partial charge on any atom is -0.359 e. The van der Waals surface area contributed by atoms with Crippen LogP contribution in [-0.2, 0) is 11.3 Å². The molecule has 0 saturated carbocycles. The van der Waals surface area contributed by atoms with Gasteiger partial charge in [-0.1, -0.05) is 35.0 Å². The molecule has 0 bridgehead atoms. The van der Waals surface area contributed by atoms with Crippen LogP contribution in [0.5, 0.6) is 0 Å². The summed E-state index contributed by atoms with van der Waals surface area (Å²) in [5, 5.41) is 3.86. The Kier molecular flexibility index (Phi) is 4.98. The fourth-order valence-corrected chi connectivity index (χ4v) is 2.51. The predicted octanol–water partition coefficient (Wildman–Crippen LogP) is 2.55. The van der Waals surface area contributed by atoms with Gasteiger partial charge in [-0.3, -0.25) is 9.69 Å². The Hall–Kier alpha value is -2.14. The summed E-state index contributed by atoms with van der Waals surface area (Å²) in [6.45, 7) is 4.31. The summed E-state index contributed by atoms with van der Waals surface area (Å²) in [7, 11) is 5.61. The van der Waals surface area contributed by atoms with Gasteiger partial charge in [0.25, 0.3) is 0 Å². The quantitative estimate of drug-likeness (QED) is 0.851. The van der Waals surface area contributed by atoms with Crippen LogP contribution in [0.4, 0.5) is 0 Å². The molecule has 0 spiro atoms. The zero-order chi connectivity index (χ0) is 16.3. The van der Waals surface area contributed by atoms with E-state index in [1.807, 2.05) is 57.1 Å². The summed E-state index contributed by atoms with van der Waals surface area (Å²) in [6, 6.07) is 9.59. The molecule has 0 N–H and O–H groups in total. The third-order valence-electron chi connectivity index (χ3n) is 3.55. The number of likely N-dealkylation sites (N-methyl/N-ethyl adjacent to an activating group) is 2. The largest absolute Gasteiger partial charge is 0.359 e. The van der Waals surface area contributed by atoms with E-state index < -0.39 is 0 Å². The smallest absolute Gasteiger partial charge is 0.244 e. The molecule has 118 valence electrons. The van der Waals surface area contributed by atoms with Crippen LogP contribution in [0.3, 0.4) is 0 Å². The lowest BCUT2D eigenvalue weighted by Gasteiger charge is -2.28. The molecule has 1 heterocycles. The molecule has 2 rings (SSSR count). The Morgan fingerprint density at radius 2 is 1.95 bits per heavy atom. The van der Waals surface area contributed by atoms with E-state index in [2.05, 4.69) is 11.2 Å². The first kappa shape index (κ1) is 16.2. The number of aromatic nitrogens is 1. The van der Waals surface area contributed by atoms with Crippen LogP contribution < -0.4 is 0 Å². The predicted molar refractivity (Wildman–Crippen MR) is 85.3 cm³/mol. The third kappa shape index (κ3) is 3.74. The Bertz CT molecular complexity index is 649. The fraction of sp³-hybridized carbons (Fsp3) is 0.412. The van der Waals surface area contributed by atoms with E-state index in [0.29, 0.717) is 12.3 Å². The Labute approximate surface area is 131 Å². The van der Waals surface area contributed by atoms with Crippen molar-refractivity contribution in [1.82, 2.24) is 15.0 Å². The molecular weight excluding hydrogens is 278 g/mol. The third-order valence-corrected chi connectivity index (χ3v) is 3.55. The van der Waals surface area contributed by atoms with E-state index in [1.54, 1.807) is 11.9 Å². The number of aryl methyl sites for hydroxylation is 2. The monoisotopic (exact) mass is 301 g/mol. The van der Waals surface area contributed by atoms with Crippen LogP contribution in [0, 0.1) is 13.8 Å². The van der Waals surface area contributed by atoms with Gasteiger partial charge in [0.1, 0.15) is 6.04 Å². The van der Waals surface area contributed by atoms with Crippen LogP contribution in [-0.4, -0.2) is 42.0 Å². The second kappa shape index (κ2) is 6.75. The molecule has 0 aliphatic rings. The molecule has 22 heavy (non-hydrogen) atoms. The van der Waals surface area contributed by atoms with Crippen molar-refractivity contribution in [2.45, 2.75) is 26.4 Å². The first-order valence-electron chi connectivity index (χ1n) is 7.28. The van der Waals surface area contributed by atoms with Gasteiger partial charge in [-0.05, 0) is 33.5 Å². The number of nitrogens with zero attached hydrogens (tertiary/aromatic N) is 3. The lowest BCUT2D eigenvalue weighted by molar-refractivity contribution is -0.135.